The average molecular weight is 702 g/mol. The van der Waals surface area contributed by atoms with Crippen molar-refractivity contribution in [3.63, 3.8) is 0 Å². The Kier molecular flexibility index (Phi) is 7.10. The van der Waals surface area contributed by atoms with Crippen molar-refractivity contribution < 1.29 is 0 Å². The number of imidazole rings is 1. The van der Waals surface area contributed by atoms with Crippen LogP contribution in [0.3, 0.4) is 0 Å². The first-order valence-electron chi connectivity index (χ1n) is 18.5. The van der Waals surface area contributed by atoms with Crippen LogP contribution in [0.5, 0.6) is 0 Å². The van der Waals surface area contributed by atoms with E-state index in [-0.39, 0.29) is 0 Å². The Morgan fingerprint density at radius 2 is 0.909 bits per heavy atom. The van der Waals surface area contributed by atoms with Gasteiger partial charge in [-0.15, -0.1) is 0 Å². The van der Waals surface area contributed by atoms with E-state index in [2.05, 4.69) is 150 Å². The van der Waals surface area contributed by atoms with Gasteiger partial charge in [0, 0.05) is 44.8 Å². The van der Waals surface area contributed by atoms with E-state index in [1.54, 1.807) is 0 Å². The number of hydrogen-bond donors (Lipinski definition) is 0. The van der Waals surface area contributed by atoms with Crippen LogP contribution in [0.1, 0.15) is 0 Å². The zero-order chi connectivity index (χ0) is 36.3. The van der Waals surface area contributed by atoms with Crippen LogP contribution in [0.2, 0.25) is 0 Å². The van der Waals surface area contributed by atoms with Crippen LogP contribution in [-0.4, -0.2) is 24.3 Å². The van der Waals surface area contributed by atoms with Gasteiger partial charge in [-0.3, -0.25) is 4.40 Å². The number of nitrogens with zero attached hydrogens (tertiary/aromatic N) is 5. The zero-order valence-corrected chi connectivity index (χ0v) is 29.6. The maximum atomic E-state index is 5.43. The summed E-state index contributed by atoms with van der Waals surface area (Å²) in [6.07, 6.45) is 2.03. The predicted octanol–water partition coefficient (Wildman–Crippen LogP) is 12.5. The van der Waals surface area contributed by atoms with Crippen molar-refractivity contribution in [2.24, 2.45) is 0 Å². The van der Waals surface area contributed by atoms with Crippen molar-refractivity contribution in [1.82, 2.24) is 24.3 Å². The summed E-state index contributed by atoms with van der Waals surface area (Å²) in [5.74, 6) is 0.678. The zero-order valence-electron chi connectivity index (χ0n) is 29.6. The molecule has 0 amide bonds. The van der Waals surface area contributed by atoms with Crippen LogP contribution in [0, 0.1) is 0 Å². The molecule has 0 aliphatic heterocycles. The first kappa shape index (κ1) is 31.1. The number of pyridine rings is 2. The van der Waals surface area contributed by atoms with Gasteiger partial charge < -0.3 is 0 Å². The molecule has 0 saturated carbocycles. The summed E-state index contributed by atoms with van der Waals surface area (Å²) in [5, 5.41) is 6.80. The highest BCUT2D eigenvalue weighted by molar-refractivity contribution is 6.10. The summed E-state index contributed by atoms with van der Waals surface area (Å²) in [6.45, 7) is 0. The minimum Gasteiger partial charge on any atom is -0.284 e. The molecule has 7 aromatic carbocycles. The summed E-state index contributed by atoms with van der Waals surface area (Å²) >= 11 is 0. The van der Waals surface area contributed by atoms with Crippen molar-refractivity contribution in [2.75, 3.05) is 0 Å². The second kappa shape index (κ2) is 12.6. The molecule has 0 bridgehead atoms. The van der Waals surface area contributed by atoms with E-state index in [4.69, 9.17) is 19.9 Å². The van der Waals surface area contributed by atoms with Gasteiger partial charge in [0.15, 0.2) is 11.5 Å². The number of fused-ring (bicyclic) bond motifs is 7. The molecule has 256 valence electrons. The molecule has 11 aromatic rings. The third-order valence-electron chi connectivity index (χ3n) is 10.6. The minimum absolute atomic E-state index is 0.678. The highest BCUT2D eigenvalue weighted by Gasteiger charge is 2.22. The van der Waals surface area contributed by atoms with Gasteiger partial charge >= 0.3 is 0 Å². The van der Waals surface area contributed by atoms with Gasteiger partial charge in [0.1, 0.15) is 11.2 Å². The number of hydrogen-bond acceptors (Lipinski definition) is 4. The van der Waals surface area contributed by atoms with Crippen LogP contribution in [0.15, 0.2) is 188 Å². The largest absolute Gasteiger partial charge is 0.284 e. The molecule has 0 atom stereocenters. The Morgan fingerprint density at radius 1 is 0.345 bits per heavy atom. The molecular formula is C50H31N5. The standard InChI is InChI=1S/C50H31N5/c1-2-15-34(16-3-1)49-52-46(39-26-24-32-13-4-6-17-35(32)29-39)44(47(53-49)40-27-25-33-14-5-7-18-36(33)30-40)37-19-12-20-38(31-37)45-41-21-8-9-22-42(41)48-50(54-45)55-28-11-10-23-43(55)51-48/h1-31H. The molecule has 4 heterocycles. The van der Waals surface area contributed by atoms with Crippen molar-refractivity contribution in [2.45, 2.75) is 0 Å². The molecule has 0 saturated heterocycles. The minimum atomic E-state index is 0.678. The second-order valence-corrected chi connectivity index (χ2v) is 13.9. The third kappa shape index (κ3) is 5.24. The summed E-state index contributed by atoms with van der Waals surface area (Å²) in [6, 6.07) is 63.7. The van der Waals surface area contributed by atoms with Crippen molar-refractivity contribution in [1.29, 1.82) is 0 Å². The van der Waals surface area contributed by atoms with Gasteiger partial charge in [-0.25, -0.2) is 19.9 Å². The van der Waals surface area contributed by atoms with Crippen LogP contribution in [0.4, 0.5) is 0 Å². The average Bonchev–Trinajstić information content (AvgIpc) is 3.64. The fourth-order valence-electron chi connectivity index (χ4n) is 7.92. The molecule has 0 fully saturated rings. The van der Waals surface area contributed by atoms with Gasteiger partial charge in [-0.05, 0) is 57.4 Å². The van der Waals surface area contributed by atoms with E-state index < -0.39 is 0 Å². The highest BCUT2D eigenvalue weighted by atomic mass is 15.1. The Bertz CT molecular complexity index is 3170. The number of aromatic nitrogens is 5. The maximum Gasteiger partial charge on any atom is 0.165 e. The SMILES string of the molecule is c1ccc(-c2nc(-c3ccc4ccccc4c3)c(-c3cccc(-c4nc5c(nc6ccccn65)c5ccccc45)c3)c(-c3ccc4ccccc4c3)n2)cc1. The molecule has 5 nitrogen and oxygen atoms in total. The fraction of sp³-hybridized carbons (Fsp3) is 0. The van der Waals surface area contributed by atoms with Crippen LogP contribution >= 0.6 is 0 Å². The molecule has 0 aliphatic carbocycles. The van der Waals surface area contributed by atoms with E-state index >= 15 is 0 Å². The maximum absolute atomic E-state index is 5.43. The Labute approximate surface area is 316 Å². The van der Waals surface area contributed by atoms with E-state index in [1.165, 1.54) is 10.8 Å². The molecule has 0 N–H and O–H groups in total. The lowest BCUT2D eigenvalue weighted by Crippen LogP contribution is -2.01. The smallest absolute Gasteiger partial charge is 0.165 e. The normalized spacial score (nSPS) is 11.6. The van der Waals surface area contributed by atoms with E-state index in [9.17, 15) is 0 Å². The van der Waals surface area contributed by atoms with Gasteiger partial charge in [-0.1, -0.05) is 152 Å². The van der Waals surface area contributed by atoms with E-state index in [0.717, 1.165) is 88.8 Å². The lowest BCUT2D eigenvalue weighted by Gasteiger charge is -2.18. The van der Waals surface area contributed by atoms with Crippen molar-refractivity contribution in [3.05, 3.63) is 188 Å². The molecule has 0 unspecified atom stereocenters. The summed E-state index contributed by atoms with van der Waals surface area (Å²) < 4.78 is 2.07. The topological polar surface area (TPSA) is 56.0 Å². The number of benzene rings is 7. The Hall–Kier alpha value is -7.50. The highest BCUT2D eigenvalue weighted by Crippen LogP contribution is 2.43. The molecule has 55 heavy (non-hydrogen) atoms. The molecule has 4 aromatic heterocycles. The molecule has 11 rings (SSSR count). The molecule has 0 spiro atoms. The first-order valence-corrected chi connectivity index (χ1v) is 18.5. The van der Waals surface area contributed by atoms with E-state index in [0.29, 0.717) is 5.82 Å². The van der Waals surface area contributed by atoms with Crippen LogP contribution < -0.4 is 0 Å². The predicted molar refractivity (Wildman–Crippen MR) is 226 cm³/mol. The molecular weight excluding hydrogens is 671 g/mol. The quantitative estimate of drug-likeness (QED) is 0.179. The van der Waals surface area contributed by atoms with E-state index in [1.807, 2.05) is 42.6 Å². The molecule has 0 aliphatic rings. The monoisotopic (exact) mass is 701 g/mol. The van der Waals surface area contributed by atoms with Gasteiger partial charge in [-0.2, -0.15) is 0 Å². The Balaban J connectivity index is 1.22. The van der Waals surface area contributed by atoms with Crippen molar-refractivity contribution in [3.8, 4) is 56.3 Å². The van der Waals surface area contributed by atoms with Crippen molar-refractivity contribution >= 4 is 49.1 Å². The number of rotatable bonds is 5. The molecule has 0 radical (unpaired) electrons. The summed E-state index contributed by atoms with van der Waals surface area (Å²) in [5.41, 5.74) is 11.2. The lowest BCUT2D eigenvalue weighted by molar-refractivity contribution is 1.18. The lowest BCUT2D eigenvalue weighted by atomic mass is 9.91. The molecule has 5 heteroatoms. The van der Waals surface area contributed by atoms with Gasteiger partial charge in [0.2, 0.25) is 0 Å². The van der Waals surface area contributed by atoms with Crippen LogP contribution in [0.25, 0.3) is 105 Å². The Morgan fingerprint density at radius 3 is 1.62 bits per heavy atom. The first-order chi connectivity index (χ1) is 27.2. The summed E-state index contributed by atoms with van der Waals surface area (Å²) in [4.78, 5) is 21.2. The van der Waals surface area contributed by atoms with Gasteiger partial charge in [0.25, 0.3) is 0 Å². The fourth-order valence-corrected chi connectivity index (χ4v) is 7.92. The second-order valence-electron chi connectivity index (χ2n) is 13.9. The summed E-state index contributed by atoms with van der Waals surface area (Å²) in [7, 11) is 0. The van der Waals surface area contributed by atoms with Gasteiger partial charge in [0.05, 0.1) is 17.1 Å². The third-order valence-corrected chi connectivity index (χ3v) is 10.6. The van der Waals surface area contributed by atoms with Crippen LogP contribution in [-0.2, 0) is 0 Å².